The third-order valence-electron chi connectivity index (χ3n) is 4.45. The average molecular weight is 386 g/mol. The monoisotopic (exact) mass is 386 g/mol. The van der Waals surface area contributed by atoms with Crippen molar-refractivity contribution in [2.75, 3.05) is 0 Å². The van der Waals surface area contributed by atoms with Crippen molar-refractivity contribution in [1.82, 2.24) is 0 Å². The van der Waals surface area contributed by atoms with Gasteiger partial charge in [0, 0.05) is 0 Å². The lowest BCUT2D eigenvalue weighted by molar-refractivity contribution is 0.282. The Morgan fingerprint density at radius 3 is 1.67 bits per heavy atom. The second-order valence-electron chi connectivity index (χ2n) is 5.98. The second-order valence-corrected chi connectivity index (χ2v) is 6.87. The van der Waals surface area contributed by atoms with Crippen molar-refractivity contribution in [3.05, 3.63) is 71.8 Å². The van der Waals surface area contributed by atoms with Gasteiger partial charge in [-0.05, 0) is 43.4 Å². The lowest BCUT2D eigenvalue weighted by atomic mass is 9.89. The summed E-state index contributed by atoms with van der Waals surface area (Å²) >= 11 is 0. The molecule has 0 aliphatic carbocycles. The summed E-state index contributed by atoms with van der Waals surface area (Å²) in [7, 11) is -4.67. The average Bonchev–Trinajstić information content (AvgIpc) is 2.64. The minimum atomic E-state index is -4.67. The summed E-state index contributed by atoms with van der Waals surface area (Å²) in [4.78, 5) is 0. The van der Waals surface area contributed by atoms with Gasteiger partial charge < -0.3 is 10.2 Å². The molecule has 0 unspecified atom stereocenters. The Balaban J connectivity index is 0.000000376. The van der Waals surface area contributed by atoms with Crippen LogP contribution in [0.2, 0.25) is 0 Å². The topological polar surface area (TPSA) is 115 Å². The van der Waals surface area contributed by atoms with Crippen LogP contribution >= 0.6 is 0 Å². The van der Waals surface area contributed by atoms with E-state index < -0.39 is 10.4 Å². The van der Waals surface area contributed by atoms with Gasteiger partial charge in [-0.15, -0.1) is 0 Å². The summed E-state index contributed by atoms with van der Waals surface area (Å²) in [6.45, 7) is -0.0300. The summed E-state index contributed by atoms with van der Waals surface area (Å²) in [6.07, 6.45) is 0. The summed E-state index contributed by atoms with van der Waals surface area (Å²) < 4.78 is 31.6. The number of aliphatic hydroxyl groups is 2. The van der Waals surface area contributed by atoms with E-state index in [4.69, 9.17) is 17.5 Å². The number of hydrogen-bond acceptors (Lipinski definition) is 4. The fourth-order valence-electron chi connectivity index (χ4n) is 3.47. The van der Waals surface area contributed by atoms with Crippen molar-refractivity contribution in [3.63, 3.8) is 0 Å². The third kappa shape index (κ3) is 3.92. The number of rotatable bonds is 2. The van der Waals surface area contributed by atoms with Crippen LogP contribution in [0.3, 0.4) is 0 Å². The van der Waals surface area contributed by atoms with Crippen molar-refractivity contribution in [2.45, 2.75) is 13.2 Å². The molecule has 140 valence electrons. The maximum atomic E-state index is 9.99. The van der Waals surface area contributed by atoms with Gasteiger partial charge >= 0.3 is 10.4 Å². The highest BCUT2D eigenvalue weighted by Gasteiger charge is 2.14. The van der Waals surface area contributed by atoms with Gasteiger partial charge in [-0.2, -0.15) is 8.42 Å². The van der Waals surface area contributed by atoms with Crippen molar-refractivity contribution in [3.8, 4) is 0 Å². The molecule has 6 nitrogen and oxygen atoms in total. The van der Waals surface area contributed by atoms with Crippen molar-refractivity contribution >= 4 is 42.7 Å². The van der Waals surface area contributed by atoms with E-state index in [2.05, 4.69) is 24.3 Å². The van der Waals surface area contributed by atoms with Crippen molar-refractivity contribution < 1.29 is 27.7 Å². The van der Waals surface area contributed by atoms with Gasteiger partial charge in [0.05, 0.1) is 13.2 Å². The summed E-state index contributed by atoms with van der Waals surface area (Å²) in [5, 5.41) is 26.2. The molecule has 0 saturated carbocycles. The van der Waals surface area contributed by atoms with Gasteiger partial charge in [0.2, 0.25) is 0 Å². The van der Waals surface area contributed by atoms with Crippen LogP contribution in [0.4, 0.5) is 0 Å². The maximum Gasteiger partial charge on any atom is 0.394 e. The van der Waals surface area contributed by atoms with E-state index in [0.717, 1.165) is 43.4 Å². The first-order chi connectivity index (χ1) is 12.8. The van der Waals surface area contributed by atoms with Crippen LogP contribution in [0.25, 0.3) is 32.3 Å². The van der Waals surface area contributed by atoms with E-state index >= 15 is 0 Å². The smallest absolute Gasteiger partial charge is 0.392 e. The number of hydrogen-bond donors (Lipinski definition) is 4. The Bertz CT molecular complexity index is 1220. The van der Waals surface area contributed by atoms with Crippen LogP contribution < -0.4 is 0 Å². The van der Waals surface area contributed by atoms with Gasteiger partial charge in [0.1, 0.15) is 0 Å². The van der Waals surface area contributed by atoms with E-state index in [-0.39, 0.29) is 13.2 Å². The van der Waals surface area contributed by atoms with Crippen LogP contribution in [-0.2, 0) is 23.6 Å². The van der Waals surface area contributed by atoms with Gasteiger partial charge in [0.25, 0.3) is 0 Å². The van der Waals surface area contributed by atoms with Gasteiger partial charge in [-0.25, -0.2) is 0 Å². The van der Waals surface area contributed by atoms with E-state index in [1.807, 2.05) is 36.4 Å². The Hall–Kier alpha value is -2.55. The molecule has 27 heavy (non-hydrogen) atoms. The summed E-state index contributed by atoms with van der Waals surface area (Å²) in [6, 6.07) is 20.3. The minimum Gasteiger partial charge on any atom is -0.392 e. The Morgan fingerprint density at radius 1 is 0.630 bits per heavy atom. The molecule has 0 heterocycles. The van der Waals surface area contributed by atoms with E-state index in [9.17, 15) is 10.2 Å². The molecule has 4 rings (SSSR count). The first kappa shape index (κ1) is 19.2. The molecule has 0 atom stereocenters. The summed E-state index contributed by atoms with van der Waals surface area (Å²) in [5.41, 5.74) is 1.85. The third-order valence-corrected chi connectivity index (χ3v) is 4.45. The zero-order valence-electron chi connectivity index (χ0n) is 14.2. The predicted octanol–water partition coefficient (Wildman–Crippen LogP) is 3.48. The number of fused-ring (bicyclic) bond motifs is 4. The molecule has 7 heteroatoms. The Morgan fingerprint density at radius 2 is 1.11 bits per heavy atom. The Kier molecular flexibility index (Phi) is 5.41. The second kappa shape index (κ2) is 7.59. The standard InChI is InChI=1S/C20H16O2.H2O4S/c21-11-18-15-7-3-4-8-16(15)19(12-22)20-14-6-2-1-5-13(14)9-10-17(18)20;1-5(2,3)4/h1-10,21-22H,11-12H2;(H2,1,2,3,4). The zero-order chi connectivity index (χ0) is 19.6. The maximum absolute atomic E-state index is 9.99. The molecular formula is C20H18O6S. The van der Waals surface area contributed by atoms with Crippen LogP contribution in [-0.4, -0.2) is 27.7 Å². The van der Waals surface area contributed by atoms with E-state index in [0.29, 0.717) is 0 Å². The van der Waals surface area contributed by atoms with E-state index in [1.165, 1.54) is 0 Å². The molecule has 0 aliphatic rings. The Labute approximate surface area is 155 Å². The molecule has 0 amide bonds. The van der Waals surface area contributed by atoms with Crippen LogP contribution in [0.5, 0.6) is 0 Å². The highest BCUT2D eigenvalue weighted by Crippen LogP contribution is 2.37. The summed E-state index contributed by atoms with van der Waals surface area (Å²) in [5.74, 6) is 0. The van der Waals surface area contributed by atoms with Gasteiger partial charge in [-0.1, -0.05) is 60.7 Å². The predicted molar refractivity (Wildman–Crippen MR) is 105 cm³/mol. The molecule has 4 aromatic carbocycles. The molecule has 0 radical (unpaired) electrons. The molecule has 0 bridgehead atoms. The van der Waals surface area contributed by atoms with Crippen LogP contribution in [0.1, 0.15) is 11.1 Å². The van der Waals surface area contributed by atoms with E-state index in [1.54, 1.807) is 0 Å². The molecule has 0 aliphatic heterocycles. The SMILES string of the molecule is O=S(=O)(O)O.OCc1c2ccccc2c(CO)c2c1ccc1ccccc12. The fraction of sp³-hybridized carbons (Fsp3) is 0.100. The first-order valence-corrected chi connectivity index (χ1v) is 9.50. The molecule has 4 N–H and O–H groups in total. The lowest BCUT2D eigenvalue weighted by Crippen LogP contribution is -1.96. The molecule has 0 fully saturated rings. The number of aliphatic hydroxyl groups excluding tert-OH is 2. The lowest BCUT2D eigenvalue weighted by Gasteiger charge is -2.16. The normalized spacial score (nSPS) is 11.6. The largest absolute Gasteiger partial charge is 0.394 e. The molecule has 0 saturated heterocycles. The van der Waals surface area contributed by atoms with Gasteiger partial charge in [-0.3, -0.25) is 9.11 Å². The quantitative estimate of drug-likeness (QED) is 0.238. The molecule has 0 aromatic heterocycles. The molecule has 0 spiro atoms. The molecule has 4 aromatic rings. The van der Waals surface area contributed by atoms with Crippen LogP contribution in [0, 0.1) is 0 Å². The highest BCUT2D eigenvalue weighted by molar-refractivity contribution is 7.79. The van der Waals surface area contributed by atoms with Crippen molar-refractivity contribution in [1.29, 1.82) is 0 Å². The van der Waals surface area contributed by atoms with Crippen LogP contribution in [0.15, 0.2) is 60.7 Å². The van der Waals surface area contributed by atoms with Crippen molar-refractivity contribution in [2.24, 2.45) is 0 Å². The molecular weight excluding hydrogens is 368 g/mol. The fourth-order valence-corrected chi connectivity index (χ4v) is 3.47. The van der Waals surface area contributed by atoms with Gasteiger partial charge in [0.15, 0.2) is 0 Å². The first-order valence-electron chi connectivity index (χ1n) is 8.10. The zero-order valence-corrected chi connectivity index (χ0v) is 15.0. The number of benzene rings is 4. The highest BCUT2D eigenvalue weighted by atomic mass is 32.3. The minimum absolute atomic E-state index is 0.0128.